The first-order valence-electron chi connectivity index (χ1n) is 8.88. The summed E-state index contributed by atoms with van der Waals surface area (Å²) in [6, 6.07) is 11.0. The highest BCUT2D eigenvalue weighted by molar-refractivity contribution is 6.31. The van der Waals surface area contributed by atoms with E-state index >= 15 is 0 Å². The van der Waals surface area contributed by atoms with Crippen molar-refractivity contribution in [3.05, 3.63) is 70.6 Å². The second kappa shape index (κ2) is 5.82. The van der Waals surface area contributed by atoms with Gasteiger partial charge in [0.2, 0.25) is 0 Å². The standard InChI is InChI=1S/C20H17ClN4O2/c21-15-6-3-7-23-17(15)13-8-20(9-13)18(26)25(19(27)24-20)16-11-22-10-12-4-1-2-5-14(12)16/h1-7,11,13,22H,8-10H2,(H,24,27). The molecule has 2 aromatic rings. The van der Waals surface area contributed by atoms with Gasteiger partial charge in [0.15, 0.2) is 0 Å². The van der Waals surface area contributed by atoms with E-state index in [4.69, 9.17) is 11.6 Å². The van der Waals surface area contributed by atoms with Gasteiger partial charge in [-0.3, -0.25) is 9.78 Å². The van der Waals surface area contributed by atoms with Gasteiger partial charge in [-0.2, -0.15) is 0 Å². The molecule has 2 N–H and O–H groups in total. The Hall–Kier alpha value is -2.86. The van der Waals surface area contributed by atoms with Crippen LogP contribution in [0.15, 0.2) is 48.8 Å². The number of rotatable bonds is 2. The summed E-state index contributed by atoms with van der Waals surface area (Å²) in [5.74, 6) is -0.144. The first-order chi connectivity index (χ1) is 13.1. The van der Waals surface area contributed by atoms with Crippen LogP contribution in [0.1, 0.15) is 35.6 Å². The number of benzene rings is 1. The predicted octanol–water partition coefficient (Wildman–Crippen LogP) is 3.00. The van der Waals surface area contributed by atoms with Crippen LogP contribution in [0.3, 0.4) is 0 Å². The van der Waals surface area contributed by atoms with Crippen molar-refractivity contribution in [2.75, 3.05) is 0 Å². The Morgan fingerprint density at radius 1 is 1.15 bits per heavy atom. The van der Waals surface area contributed by atoms with Crippen molar-refractivity contribution in [1.82, 2.24) is 20.5 Å². The van der Waals surface area contributed by atoms with Gasteiger partial charge in [-0.25, -0.2) is 9.69 Å². The Kier molecular flexibility index (Phi) is 3.52. The van der Waals surface area contributed by atoms with Gasteiger partial charge in [-0.05, 0) is 30.5 Å². The van der Waals surface area contributed by atoms with Gasteiger partial charge in [-0.1, -0.05) is 35.9 Å². The Morgan fingerprint density at radius 3 is 2.78 bits per heavy atom. The van der Waals surface area contributed by atoms with Crippen LogP contribution in [0, 0.1) is 0 Å². The molecule has 1 saturated carbocycles. The Labute approximate surface area is 161 Å². The number of hydrogen-bond donors (Lipinski definition) is 2. The molecular formula is C20H17ClN4O2. The molecule has 3 heterocycles. The van der Waals surface area contributed by atoms with E-state index in [2.05, 4.69) is 15.6 Å². The maximum atomic E-state index is 13.2. The zero-order chi connectivity index (χ0) is 18.6. The number of pyridine rings is 1. The number of imide groups is 1. The van der Waals surface area contributed by atoms with Crippen molar-refractivity contribution in [3.63, 3.8) is 0 Å². The topological polar surface area (TPSA) is 74.3 Å². The number of carbonyl (C=O) groups excluding carboxylic acids is 2. The molecule has 27 heavy (non-hydrogen) atoms. The van der Waals surface area contributed by atoms with Crippen LogP contribution in [0.2, 0.25) is 5.02 Å². The number of halogens is 1. The van der Waals surface area contributed by atoms with E-state index in [1.165, 1.54) is 4.90 Å². The highest BCUT2D eigenvalue weighted by Gasteiger charge is 2.60. The van der Waals surface area contributed by atoms with Gasteiger partial charge in [0.05, 0.1) is 16.4 Å². The third kappa shape index (κ3) is 2.36. The number of amides is 3. The quantitative estimate of drug-likeness (QED) is 0.785. The van der Waals surface area contributed by atoms with E-state index in [1.54, 1.807) is 24.5 Å². The molecule has 2 fully saturated rings. The number of urea groups is 1. The number of hydrogen-bond acceptors (Lipinski definition) is 4. The Balaban J connectivity index is 1.43. The van der Waals surface area contributed by atoms with Crippen LogP contribution in [-0.2, 0) is 11.3 Å². The molecular weight excluding hydrogens is 364 g/mol. The van der Waals surface area contributed by atoms with Crippen LogP contribution in [0.4, 0.5) is 4.79 Å². The van der Waals surface area contributed by atoms with Crippen LogP contribution >= 0.6 is 11.6 Å². The zero-order valence-electron chi connectivity index (χ0n) is 14.4. The largest absolute Gasteiger partial charge is 0.385 e. The Bertz CT molecular complexity index is 997. The third-order valence-corrected chi connectivity index (χ3v) is 5.91. The molecule has 1 aromatic heterocycles. The molecule has 0 radical (unpaired) electrons. The molecule has 6 nitrogen and oxygen atoms in total. The number of nitrogens with zero attached hydrogens (tertiary/aromatic N) is 2. The highest BCUT2D eigenvalue weighted by atomic mass is 35.5. The van der Waals surface area contributed by atoms with Crippen molar-refractivity contribution in [1.29, 1.82) is 0 Å². The lowest BCUT2D eigenvalue weighted by atomic mass is 9.66. The van der Waals surface area contributed by atoms with E-state index in [9.17, 15) is 9.59 Å². The lowest BCUT2D eigenvalue weighted by Crippen LogP contribution is -2.56. The van der Waals surface area contributed by atoms with Crippen molar-refractivity contribution in [3.8, 4) is 0 Å². The van der Waals surface area contributed by atoms with Gasteiger partial charge in [0, 0.05) is 30.4 Å². The third-order valence-electron chi connectivity index (χ3n) is 5.59. The summed E-state index contributed by atoms with van der Waals surface area (Å²) in [7, 11) is 0. The molecule has 136 valence electrons. The summed E-state index contributed by atoms with van der Waals surface area (Å²) in [4.78, 5) is 31.5. The molecule has 7 heteroatoms. The molecule has 0 unspecified atom stereocenters. The first-order valence-corrected chi connectivity index (χ1v) is 9.26. The first kappa shape index (κ1) is 16.3. The van der Waals surface area contributed by atoms with E-state index in [1.807, 2.05) is 24.3 Å². The van der Waals surface area contributed by atoms with Gasteiger partial charge >= 0.3 is 6.03 Å². The summed E-state index contributed by atoms with van der Waals surface area (Å²) in [5.41, 5.74) is 2.48. The normalized spacial score (nSPS) is 26.2. The molecule has 3 aliphatic rings. The van der Waals surface area contributed by atoms with Crippen molar-refractivity contribution in [2.45, 2.75) is 30.8 Å². The van der Waals surface area contributed by atoms with E-state index < -0.39 is 5.54 Å². The molecule has 0 atom stereocenters. The van der Waals surface area contributed by atoms with Crippen molar-refractivity contribution >= 4 is 29.2 Å². The van der Waals surface area contributed by atoms with Crippen LogP contribution in [0.25, 0.3) is 5.70 Å². The minimum absolute atomic E-state index is 0.0636. The van der Waals surface area contributed by atoms with Gasteiger partial charge in [0.25, 0.3) is 5.91 Å². The summed E-state index contributed by atoms with van der Waals surface area (Å²) < 4.78 is 0. The molecule has 3 amide bonds. The smallest absolute Gasteiger partial charge is 0.329 e. The fourth-order valence-corrected chi connectivity index (χ4v) is 4.51. The highest BCUT2D eigenvalue weighted by Crippen LogP contribution is 2.49. The maximum Gasteiger partial charge on any atom is 0.329 e. The molecule has 1 aromatic carbocycles. The maximum absolute atomic E-state index is 13.2. The molecule has 5 rings (SSSR count). The average Bonchev–Trinajstić information content (AvgIpc) is 2.91. The minimum Gasteiger partial charge on any atom is -0.385 e. The summed E-state index contributed by atoms with van der Waals surface area (Å²) >= 11 is 6.24. The summed E-state index contributed by atoms with van der Waals surface area (Å²) in [6.07, 6.45) is 4.45. The van der Waals surface area contributed by atoms with Crippen LogP contribution in [0.5, 0.6) is 0 Å². The van der Waals surface area contributed by atoms with Crippen molar-refractivity contribution in [2.24, 2.45) is 0 Å². The lowest BCUT2D eigenvalue weighted by Gasteiger charge is -2.42. The lowest BCUT2D eigenvalue weighted by molar-refractivity contribution is -0.132. The fourth-order valence-electron chi connectivity index (χ4n) is 4.23. The van der Waals surface area contributed by atoms with Crippen LogP contribution < -0.4 is 10.6 Å². The predicted molar refractivity (Wildman–Crippen MR) is 101 cm³/mol. The number of nitrogens with one attached hydrogen (secondary N) is 2. The van der Waals surface area contributed by atoms with E-state index in [0.29, 0.717) is 30.1 Å². The zero-order valence-corrected chi connectivity index (χ0v) is 15.2. The number of fused-ring (bicyclic) bond motifs is 1. The van der Waals surface area contributed by atoms with Gasteiger partial charge in [0.1, 0.15) is 5.54 Å². The van der Waals surface area contributed by atoms with Crippen LogP contribution in [-0.4, -0.2) is 27.4 Å². The second-order valence-electron chi connectivity index (χ2n) is 7.20. The van der Waals surface area contributed by atoms with E-state index in [-0.39, 0.29) is 17.9 Å². The summed E-state index contributed by atoms with van der Waals surface area (Å²) in [5, 5.41) is 6.66. The molecule has 1 spiro atoms. The fraction of sp³-hybridized carbons (Fsp3) is 0.250. The monoisotopic (exact) mass is 380 g/mol. The SMILES string of the molecule is O=C1NC2(CC(c3ncccc3Cl)C2)C(=O)N1C1=CNCc2ccccc21. The number of aromatic nitrogens is 1. The van der Waals surface area contributed by atoms with Gasteiger partial charge in [-0.15, -0.1) is 0 Å². The number of carbonyl (C=O) groups is 2. The van der Waals surface area contributed by atoms with Gasteiger partial charge < -0.3 is 10.6 Å². The Morgan fingerprint density at radius 2 is 1.96 bits per heavy atom. The molecule has 2 aliphatic heterocycles. The summed E-state index contributed by atoms with van der Waals surface area (Å²) in [6.45, 7) is 0.675. The molecule has 1 saturated heterocycles. The molecule has 0 bridgehead atoms. The molecule has 1 aliphatic carbocycles. The minimum atomic E-state index is -0.865. The second-order valence-corrected chi connectivity index (χ2v) is 7.60. The van der Waals surface area contributed by atoms with E-state index in [0.717, 1.165) is 16.8 Å². The van der Waals surface area contributed by atoms with Crippen molar-refractivity contribution < 1.29 is 9.59 Å². The average molecular weight is 381 g/mol.